The maximum Gasteiger partial charge on any atom is 0.264 e. The summed E-state index contributed by atoms with van der Waals surface area (Å²) in [6.07, 6.45) is 1.55. The number of nitrogens with zero attached hydrogens (tertiary/aromatic N) is 3. The van der Waals surface area contributed by atoms with Gasteiger partial charge in [-0.1, -0.05) is 41.9 Å². The second-order valence-corrected chi connectivity index (χ2v) is 11.8. The van der Waals surface area contributed by atoms with Crippen LogP contribution in [0.5, 0.6) is 0 Å². The van der Waals surface area contributed by atoms with Gasteiger partial charge in [-0.15, -0.1) is 0 Å². The zero-order valence-corrected chi connectivity index (χ0v) is 24.2. The first-order valence-corrected chi connectivity index (χ1v) is 14.3. The van der Waals surface area contributed by atoms with Gasteiger partial charge >= 0.3 is 0 Å². The van der Waals surface area contributed by atoms with Crippen LogP contribution in [-0.4, -0.2) is 31.7 Å². The van der Waals surface area contributed by atoms with Crippen molar-refractivity contribution in [3.8, 4) is 5.69 Å². The van der Waals surface area contributed by atoms with Crippen LogP contribution in [0.15, 0.2) is 93.3 Å². The highest BCUT2D eigenvalue weighted by molar-refractivity contribution is 9.10. The molecule has 38 heavy (non-hydrogen) atoms. The van der Waals surface area contributed by atoms with Crippen molar-refractivity contribution in [1.29, 1.82) is 0 Å². The molecule has 0 spiro atoms. The maximum atomic E-state index is 13.5. The molecule has 1 N–H and O–H groups in total. The molecule has 0 fully saturated rings. The first kappa shape index (κ1) is 27.6. The molecule has 0 aliphatic heterocycles. The Kier molecular flexibility index (Phi) is 8.40. The average Bonchev–Trinajstić information content (AvgIpc) is 3.16. The lowest BCUT2D eigenvalue weighted by atomic mass is 10.2. The summed E-state index contributed by atoms with van der Waals surface area (Å²) in [6, 6.07) is 22.7. The molecular formula is C28H26BrClN4O3S. The van der Waals surface area contributed by atoms with E-state index < -0.39 is 22.5 Å². The summed E-state index contributed by atoms with van der Waals surface area (Å²) in [6.45, 7) is 5.23. The first-order chi connectivity index (χ1) is 18.1. The van der Waals surface area contributed by atoms with Crippen LogP contribution in [0.2, 0.25) is 5.02 Å². The molecule has 10 heteroatoms. The van der Waals surface area contributed by atoms with Crippen LogP contribution >= 0.6 is 27.5 Å². The van der Waals surface area contributed by atoms with E-state index in [1.54, 1.807) is 49.5 Å². The number of aromatic nitrogens is 1. The smallest absolute Gasteiger partial charge is 0.264 e. The summed E-state index contributed by atoms with van der Waals surface area (Å²) in [4.78, 5) is 13.0. The normalized spacial score (nSPS) is 11.6. The van der Waals surface area contributed by atoms with Gasteiger partial charge in [-0.2, -0.15) is 5.10 Å². The fourth-order valence-electron chi connectivity index (χ4n) is 4.18. The van der Waals surface area contributed by atoms with E-state index in [-0.39, 0.29) is 4.90 Å². The van der Waals surface area contributed by atoms with Gasteiger partial charge in [0.2, 0.25) is 0 Å². The molecule has 196 valence electrons. The number of para-hydroxylation sites is 1. The minimum absolute atomic E-state index is 0.0742. The molecule has 1 amide bonds. The zero-order valence-electron chi connectivity index (χ0n) is 21.0. The number of aryl methyl sites for hydroxylation is 2. The van der Waals surface area contributed by atoms with E-state index in [9.17, 15) is 13.2 Å². The van der Waals surface area contributed by atoms with E-state index in [2.05, 4.69) is 31.0 Å². The molecule has 0 saturated carbocycles. The van der Waals surface area contributed by atoms with E-state index in [4.69, 9.17) is 11.6 Å². The van der Waals surface area contributed by atoms with Crippen LogP contribution in [0.3, 0.4) is 0 Å². The molecule has 4 rings (SSSR count). The number of sulfonamides is 1. The Labute approximate surface area is 235 Å². The number of hydrogen-bond acceptors (Lipinski definition) is 4. The van der Waals surface area contributed by atoms with E-state index in [1.807, 2.05) is 44.2 Å². The summed E-state index contributed by atoms with van der Waals surface area (Å²) < 4.78 is 31.1. The molecule has 0 aliphatic rings. The SMILES string of the molecule is Cc1cc(Cl)ccc1N(CC(=O)N/N=C\c1cc(C)n(-c2ccccc2Br)c1C)S(=O)(=O)c1ccccc1. The van der Waals surface area contributed by atoms with Gasteiger partial charge in [-0.05, 0) is 90.8 Å². The molecule has 0 unspecified atom stereocenters. The van der Waals surface area contributed by atoms with Gasteiger partial charge < -0.3 is 4.57 Å². The van der Waals surface area contributed by atoms with Crippen molar-refractivity contribution >= 4 is 55.4 Å². The molecule has 4 aromatic rings. The quantitative estimate of drug-likeness (QED) is 0.191. The molecule has 7 nitrogen and oxygen atoms in total. The van der Waals surface area contributed by atoms with E-state index in [0.29, 0.717) is 16.3 Å². The highest BCUT2D eigenvalue weighted by Gasteiger charge is 2.28. The average molecular weight is 614 g/mol. The highest BCUT2D eigenvalue weighted by Crippen LogP contribution is 2.29. The second kappa shape index (κ2) is 11.6. The Hall–Kier alpha value is -3.40. The standard InChI is InChI=1S/C28H26BrClN4O3S/c1-19-15-23(30)13-14-26(19)33(38(36,37)24-9-5-4-6-10-24)18-28(35)32-31-17-22-16-20(2)34(21(22)3)27-12-8-7-11-25(27)29/h4-17H,18H2,1-3H3,(H,32,35)/b31-17-. The van der Waals surface area contributed by atoms with Gasteiger partial charge in [-0.3, -0.25) is 9.10 Å². The minimum atomic E-state index is -4.04. The molecular weight excluding hydrogens is 588 g/mol. The van der Waals surface area contributed by atoms with Crippen LogP contribution in [0.1, 0.15) is 22.5 Å². The second-order valence-electron chi connectivity index (χ2n) is 8.66. The minimum Gasteiger partial charge on any atom is -0.317 e. The summed E-state index contributed by atoms with van der Waals surface area (Å²) in [5.74, 6) is -0.588. The van der Waals surface area contributed by atoms with Gasteiger partial charge in [-0.25, -0.2) is 13.8 Å². The Morgan fingerprint density at radius 3 is 2.39 bits per heavy atom. The number of halogens is 2. The number of carbonyl (C=O) groups is 1. The predicted octanol–water partition coefficient (Wildman–Crippen LogP) is 6.16. The number of benzene rings is 3. The lowest BCUT2D eigenvalue weighted by Gasteiger charge is -2.25. The van der Waals surface area contributed by atoms with Crippen LogP contribution in [0.25, 0.3) is 5.69 Å². The summed E-state index contributed by atoms with van der Waals surface area (Å²) >= 11 is 9.68. The van der Waals surface area contributed by atoms with Crippen molar-refractivity contribution in [3.05, 3.63) is 111 Å². The van der Waals surface area contributed by atoms with Crippen molar-refractivity contribution in [2.24, 2.45) is 5.10 Å². The number of rotatable bonds is 8. The first-order valence-electron chi connectivity index (χ1n) is 11.7. The largest absolute Gasteiger partial charge is 0.317 e. The van der Waals surface area contributed by atoms with E-state index in [1.165, 1.54) is 12.1 Å². The highest BCUT2D eigenvalue weighted by atomic mass is 79.9. The summed E-state index contributed by atoms with van der Waals surface area (Å²) in [7, 11) is -4.04. The number of hydrazone groups is 1. The monoisotopic (exact) mass is 612 g/mol. The predicted molar refractivity (Wildman–Crippen MR) is 156 cm³/mol. The number of hydrogen-bond donors (Lipinski definition) is 1. The summed E-state index contributed by atoms with van der Waals surface area (Å²) in [5, 5.41) is 4.59. The van der Waals surface area contributed by atoms with Gasteiger partial charge in [0.05, 0.1) is 22.5 Å². The zero-order chi connectivity index (χ0) is 27.4. The number of anilines is 1. The van der Waals surface area contributed by atoms with Gasteiger partial charge in [0.25, 0.3) is 15.9 Å². The maximum absolute atomic E-state index is 13.5. The van der Waals surface area contributed by atoms with E-state index >= 15 is 0 Å². The van der Waals surface area contributed by atoms with Gasteiger partial charge in [0.1, 0.15) is 6.54 Å². The van der Waals surface area contributed by atoms with Crippen molar-refractivity contribution < 1.29 is 13.2 Å². The lowest BCUT2D eigenvalue weighted by molar-refractivity contribution is -0.119. The lowest BCUT2D eigenvalue weighted by Crippen LogP contribution is -2.40. The molecule has 0 aliphatic carbocycles. The molecule has 0 bridgehead atoms. The van der Waals surface area contributed by atoms with Crippen LogP contribution < -0.4 is 9.73 Å². The summed E-state index contributed by atoms with van der Waals surface area (Å²) in [5.41, 5.74) is 7.20. The molecule has 0 saturated heterocycles. The van der Waals surface area contributed by atoms with Crippen molar-refractivity contribution in [1.82, 2.24) is 9.99 Å². The Balaban J connectivity index is 1.58. The third kappa shape index (κ3) is 5.85. The van der Waals surface area contributed by atoms with Crippen LogP contribution in [0.4, 0.5) is 5.69 Å². The van der Waals surface area contributed by atoms with Crippen molar-refractivity contribution in [3.63, 3.8) is 0 Å². The Morgan fingerprint density at radius 1 is 1.03 bits per heavy atom. The molecule has 0 radical (unpaired) electrons. The van der Waals surface area contributed by atoms with Crippen molar-refractivity contribution in [2.45, 2.75) is 25.7 Å². The third-order valence-corrected chi connectivity index (χ3v) is 8.68. The van der Waals surface area contributed by atoms with E-state index in [0.717, 1.165) is 31.4 Å². The molecule has 1 heterocycles. The van der Waals surface area contributed by atoms with Crippen LogP contribution in [-0.2, 0) is 14.8 Å². The molecule has 3 aromatic carbocycles. The van der Waals surface area contributed by atoms with Crippen molar-refractivity contribution in [2.75, 3.05) is 10.8 Å². The molecule has 0 atom stereocenters. The number of carbonyl (C=O) groups excluding carboxylic acids is 1. The third-order valence-electron chi connectivity index (χ3n) is 6.00. The fourth-order valence-corrected chi connectivity index (χ4v) is 6.38. The van der Waals surface area contributed by atoms with Gasteiger partial charge in [0.15, 0.2) is 0 Å². The number of nitrogens with one attached hydrogen (secondary N) is 1. The number of amides is 1. The molecule has 1 aromatic heterocycles. The topological polar surface area (TPSA) is 83.8 Å². The Morgan fingerprint density at radius 2 is 1.71 bits per heavy atom. The van der Waals surface area contributed by atoms with Gasteiger partial charge in [0, 0.05) is 26.4 Å². The van der Waals surface area contributed by atoms with Crippen LogP contribution in [0, 0.1) is 20.8 Å². The fraction of sp³-hybridized carbons (Fsp3) is 0.143. The Bertz CT molecular complexity index is 1620.